The average Bonchev–Trinajstić information content (AvgIpc) is 2.32. The van der Waals surface area contributed by atoms with Crippen LogP contribution in [0.5, 0.6) is 0 Å². The van der Waals surface area contributed by atoms with E-state index < -0.39 is 22.5 Å². The van der Waals surface area contributed by atoms with Crippen molar-refractivity contribution in [2.75, 3.05) is 13.1 Å². The lowest BCUT2D eigenvalue weighted by atomic mass is 10.2. The van der Waals surface area contributed by atoms with E-state index in [4.69, 9.17) is 5.11 Å². The maximum absolute atomic E-state index is 12.6. The van der Waals surface area contributed by atoms with Crippen molar-refractivity contribution in [1.82, 2.24) is 4.31 Å². The summed E-state index contributed by atoms with van der Waals surface area (Å²) in [6, 6.07) is 3.17. The molecule has 0 unspecified atom stereocenters. The number of halogens is 2. The molecule has 0 spiro atoms. The summed E-state index contributed by atoms with van der Waals surface area (Å²) in [6.07, 6.45) is 0.539. The third-order valence-electron chi connectivity index (χ3n) is 2.62. The van der Waals surface area contributed by atoms with Crippen molar-refractivity contribution in [3.8, 4) is 0 Å². The van der Waals surface area contributed by atoms with Crippen LogP contribution in [0, 0.1) is 6.92 Å². The van der Waals surface area contributed by atoms with Crippen LogP contribution in [0.3, 0.4) is 0 Å². The molecule has 0 saturated heterocycles. The van der Waals surface area contributed by atoms with Crippen LogP contribution in [0.15, 0.2) is 26.0 Å². The molecular weight excluding hydrogens is 414 g/mol. The van der Waals surface area contributed by atoms with Crippen molar-refractivity contribution in [3.63, 3.8) is 0 Å². The third kappa shape index (κ3) is 4.03. The second-order valence-corrected chi connectivity index (χ2v) is 7.88. The van der Waals surface area contributed by atoms with Gasteiger partial charge in [0.25, 0.3) is 0 Å². The molecule has 20 heavy (non-hydrogen) atoms. The predicted molar refractivity (Wildman–Crippen MR) is 83.3 cm³/mol. The molecule has 8 heteroatoms. The number of benzene rings is 1. The van der Waals surface area contributed by atoms with E-state index in [1.807, 2.05) is 6.92 Å². The van der Waals surface area contributed by atoms with Gasteiger partial charge in [-0.25, -0.2) is 8.42 Å². The van der Waals surface area contributed by atoms with Gasteiger partial charge in [-0.1, -0.05) is 22.9 Å². The van der Waals surface area contributed by atoms with Gasteiger partial charge in [-0.15, -0.1) is 0 Å². The Labute approximate surface area is 135 Å². The fourth-order valence-corrected chi connectivity index (χ4v) is 4.77. The molecule has 0 amide bonds. The van der Waals surface area contributed by atoms with Gasteiger partial charge in [-0.05, 0) is 47.0 Å². The van der Waals surface area contributed by atoms with Gasteiger partial charge < -0.3 is 5.11 Å². The Kier molecular flexibility index (Phi) is 6.18. The Bertz CT molecular complexity index is 616. The minimum Gasteiger partial charge on any atom is -0.480 e. The molecule has 0 heterocycles. The molecular formula is C12H15Br2NO4S. The number of hydrogen-bond donors (Lipinski definition) is 1. The molecule has 0 atom stereocenters. The van der Waals surface area contributed by atoms with Crippen LogP contribution in [0.2, 0.25) is 0 Å². The van der Waals surface area contributed by atoms with Crippen LogP contribution in [-0.4, -0.2) is 36.9 Å². The molecule has 1 rings (SSSR count). The SMILES string of the molecule is CCCN(CC(=O)O)S(=O)(=O)c1cc(Br)c(C)cc1Br. The smallest absolute Gasteiger partial charge is 0.318 e. The number of carboxylic acids is 1. The summed E-state index contributed by atoms with van der Waals surface area (Å²) in [4.78, 5) is 10.9. The van der Waals surface area contributed by atoms with Crippen LogP contribution < -0.4 is 0 Å². The highest BCUT2D eigenvalue weighted by Gasteiger charge is 2.28. The van der Waals surface area contributed by atoms with E-state index >= 15 is 0 Å². The Morgan fingerprint density at radius 2 is 1.90 bits per heavy atom. The molecule has 1 N–H and O–H groups in total. The Morgan fingerprint density at radius 1 is 1.30 bits per heavy atom. The standard InChI is InChI=1S/C12H15Br2NO4S/c1-3-4-15(7-12(16)17)20(18,19)11-6-9(13)8(2)5-10(11)14/h5-6H,3-4,7H2,1-2H3,(H,16,17). The van der Waals surface area contributed by atoms with Crippen LogP contribution in [0.4, 0.5) is 0 Å². The highest BCUT2D eigenvalue weighted by Crippen LogP contribution is 2.30. The molecule has 0 aliphatic carbocycles. The van der Waals surface area contributed by atoms with E-state index in [0.29, 0.717) is 15.4 Å². The topological polar surface area (TPSA) is 74.7 Å². The largest absolute Gasteiger partial charge is 0.480 e. The summed E-state index contributed by atoms with van der Waals surface area (Å²) in [7, 11) is -3.85. The number of carbonyl (C=O) groups is 1. The summed E-state index contributed by atoms with van der Waals surface area (Å²) in [5.74, 6) is -1.18. The van der Waals surface area contributed by atoms with E-state index in [1.54, 1.807) is 13.0 Å². The maximum Gasteiger partial charge on any atom is 0.318 e. The number of aryl methyl sites for hydroxylation is 1. The summed E-state index contributed by atoms with van der Waals surface area (Å²) in [5, 5.41) is 8.86. The fraction of sp³-hybridized carbons (Fsp3) is 0.417. The van der Waals surface area contributed by atoms with E-state index in [0.717, 1.165) is 9.87 Å². The normalized spacial score (nSPS) is 11.8. The van der Waals surface area contributed by atoms with E-state index in [2.05, 4.69) is 31.9 Å². The van der Waals surface area contributed by atoms with Crippen LogP contribution in [-0.2, 0) is 14.8 Å². The molecule has 0 fully saturated rings. The van der Waals surface area contributed by atoms with Crippen LogP contribution in [0.1, 0.15) is 18.9 Å². The van der Waals surface area contributed by atoms with Crippen molar-refractivity contribution in [3.05, 3.63) is 26.6 Å². The molecule has 112 valence electrons. The van der Waals surface area contributed by atoms with E-state index in [1.165, 1.54) is 6.07 Å². The van der Waals surface area contributed by atoms with Gasteiger partial charge in [0.15, 0.2) is 0 Å². The van der Waals surface area contributed by atoms with Crippen molar-refractivity contribution < 1.29 is 18.3 Å². The van der Waals surface area contributed by atoms with Gasteiger partial charge in [0.05, 0.1) is 4.90 Å². The summed E-state index contributed by atoms with van der Waals surface area (Å²) in [5.41, 5.74) is 0.885. The zero-order valence-corrected chi connectivity index (χ0v) is 15.0. The predicted octanol–water partition coefficient (Wildman–Crippen LogP) is 3.01. The maximum atomic E-state index is 12.6. The monoisotopic (exact) mass is 427 g/mol. The zero-order valence-electron chi connectivity index (χ0n) is 11.1. The molecule has 0 saturated carbocycles. The molecule has 0 aromatic heterocycles. The quantitative estimate of drug-likeness (QED) is 0.755. The molecule has 0 aliphatic heterocycles. The second kappa shape index (κ2) is 7.02. The van der Waals surface area contributed by atoms with Gasteiger partial charge in [0, 0.05) is 15.5 Å². The highest BCUT2D eigenvalue weighted by molar-refractivity contribution is 9.11. The number of aliphatic carboxylic acids is 1. The van der Waals surface area contributed by atoms with Gasteiger partial charge in [-0.3, -0.25) is 4.79 Å². The van der Waals surface area contributed by atoms with E-state index in [9.17, 15) is 13.2 Å². The average molecular weight is 429 g/mol. The Hall–Kier alpha value is -0.440. The highest BCUT2D eigenvalue weighted by atomic mass is 79.9. The van der Waals surface area contributed by atoms with Crippen molar-refractivity contribution >= 4 is 47.9 Å². The molecule has 0 radical (unpaired) electrons. The molecule has 1 aromatic carbocycles. The summed E-state index contributed by atoms with van der Waals surface area (Å²) in [6.45, 7) is 3.25. The van der Waals surface area contributed by atoms with Crippen molar-refractivity contribution in [2.45, 2.75) is 25.2 Å². The van der Waals surface area contributed by atoms with E-state index in [-0.39, 0.29) is 11.4 Å². The molecule has 0 bridgehead atoms. The lowest BCUT2D eigenvalue weighted by molar-refractivity contribution is -0.137. The van der Waals surface area contributed by atoms with Crippen LogP contribution in [0.25, 0.3) is 0 Å². The Morgan fingerprint density at radius 3 is 2.40 bits per heavy atom. The minimum atomic E-state index is -3.85. The molecule has 0 aliphatic rings. The summed E-state index contributed by atoms with van der Waals surface area (Å²) >= 11 is 6.52. The number of hydrogen-bond acceptors (Lipinski definition) is 3. The number of nitrogens with zero attached hydrogens (tertiary/aromatic N) is 1. The Balaban J connectivity index is 3.32. The first kappa shape index (κ1) is 17.6. The first-order valence-corrected chi connectivity index (χ1v) is 8.90. The van der Waals surface area contributed by atoms with Gasteiger partial charge >= 0.3 is 5.97 Å². The third-order valence-corrected chi connectivity index (χ3v) is 6.27. The van der Waals surface area contributed by atoms with Crippen LogP contribution >= 0.6 is 31.9 Å². The second-order valence-electron chi connectivity index (χ2n) is 4.26. The van der Waals surface area contributed by atoms with Crippen molar-refractivity contribution in [1.29, 1.82) is 0 Å². The first-order valence-electron chi connectivity index (χ1n) is 5.87. The van der Waals surface area contributed by atoms with Gasteiger partial charge in [0.1, 0.15) is 6.54 Å². The molecule has 5 nitrogen and oxygen atoms in total. The lowest BCUT2D eigenvalue weighted by Crippen LogP contribution is -2.36. The minimum absolute atomic E-state index is 0.0599. The van der Waals surface area contributed by atoms with Gasteiger partial charge in [-0.2, -0.15) is 4.31 Å². The lowest BCUT2D eigenvalue weighted by Gasteiger charge is -2.20. The number of sulfonamides is 1. The number of carboxylic acid groups (broad SMARTS) is 1. The number of rotatable bonds is 6. The van der Waals surface area contributed by atoms with Gasteiger partial charge in [0.2, 0.25) is 10.0 Å². The zero-order chi connectivity index (χ0) is 15.5. The fourth-order valence-electron chi connectivity index (χ4n) is 1.65. The first-order chi connectivity index (χ1) is 9.20. The van der Waals surface area contributed by atoms with Crippen molar-refractivity contribution in [2.24, 2.45) is 0 Å². The molecule has 1 aromatic rings. The summed E-state index contributed by atoms with van der Waals surface area (Å²) < 4.78 is 27.2.